The number of amides is 3. The van der Waals surface area contributed by atoms with Gasteiger partial charge in [0.15, 0.2) is 0 Å². The van der Waals surface area contributed by atoms with Crippen LogP contribution in [0.1, 0.15) is 37.5 Å². The van der Waals surface area contributed by atoms with Crippen LogP contribution in [0.25, 0.3) is 0 Å². The number of anilines is 1. The summed E-state index contributed by atoms with van der Waals surface area (Å²) in [5.74, 6) is -0.274. The highest BCUT2D eigenvalue weighted by molar-refractivity contribution is 7.09. The Bertz CT molecular complexity index is 712. The van der Waals surface area contributed by atoms with Gasteiger partial charge in [-0.1, -0.05) is 18.2 Å². The fourth-order valence-electron chi connectivity index (χ4n) is 2.05. The molecule has 2 aromatic rings. The van der Waals surface area contributed by atoms with Crippen LogP contribution in [0.4, 0.5) is 10.5 Å². The molecule has 0 aliphatic carbocycles. The van der Waals surface area contributed by atoms with E-state index in [0.29, 0.717) is 5.69 Å². The molecule has 0 saturated carbocycles. The van der Waals surface area contributed by atoms with Crippen molar-refractivity contribution in [3.63, 3.8) is 0 Å². The van der Waals surface area contributed by atoms with Crippen molar-refractivity contribution in [1.82, 2.24) is 15.6 Å². The van der Waals surface area contributed by atoms with Gasteiger partial charge < -0.3 is 16.0 Å². The van der Waals surface area contributed by atoms with Crippen LogP contribution >= 0.6 is 11.3 Å². The van der Waals surface area contributed by atoms with Gasteiger partial charge >= 0.3 is 6.03 Å². The number of benzene rings is 1. The van der Waals surface area contributed by atoms with Crippen molar-refractivity contribution < 1.29 is 9.59 Å². The first-order valence-electron chi connectivity index (χ1n) is 7.65. The summed E-state index contributed by atoms with van der Waals surface area (Å²) in [6.07, 6.45) is 0. The Balaban J connectivity index is 1.93. The molecule has 1 heterocycles. The average molecular weight is 346 g/mol. The van der Waals surface area contributed by atoms with Gasteiger partial charge in [0, 0.05) is 11.1 Å². The summed E-state index contributed by atoms with van der Waals surface area (Å²) >= 11 is 1.54. The number of hydrogen-bond donors (Lipinski definition) is 3. The van der Waals surface area contributed by atoms with Gasteiger partial charge in [0.2, 0.25) is 5.91 Å². The van der Waals surface area contributed by atoms with Gasteiger partial charge in [-0.3, -0.25) is 4.79 Å². The molecule has 24 heavy (non-hydrogen) atoms. The maximum atomic E-state index is 12.5. The highest BCUT2D eigenvalue weighted by Gasteiger charge is 2.30. The quantitative estimate of drug-likeness (QED) is 0.777. The SMILES string of the molecule is Cc1nc([C@H](C)NC(=O)C(C)(C)NC(=O)Nc2ccccc2)cs1. The van der Waals surface area contributed by atoms with Gasteiger partial charge in [-0.05, 0) is 39.8 Å². The summed E-state index contributed by atoms with van der Waals surface area (Å²) in [5.41, 5.74) is 0.422. The molecule has 7 heteroatoms. The minimum atomic E-state index is -1.06. The fourth-order valence-corrected chi connectivity index (χ4v) is 2.76. The van der Waals surface area contributed by atoms with E-state index in [1.165, 1.54) is 11.3 Å². The second-order valence-corrected chi connectivity index (χ2v) is 7.12. The van der Waals surface area contributed by atoms with E-state index < -0.39 is 11.6 Å². The van der Waals surface area contributed by atoms with Crippen LogP contribution in [0.2, 0.25) is 0 Å². The van der Waals surface area contributed by atoms with Crippen molar-refractivity contribution in [2.45, 2.75) is 39.3 Å². The minimum absolute atomic E-state index is 0.222. The zero-order chi connectivity index (χ0) is 17.7. The minimum Gasteiger partial charge on any atom is -0.346 e. The van der Waals surface area contributed by atoms with E-state index in [4.69, 9.17) is 0 Å². The van der Waals surface area contributed by atoms with Gasteiger partial charge in [-0.2, -0.15) is 0 Å². The van der Waals surface area contributed by atoms with E-state index in [2.05, 4.69) is 20.9 Å². The number of para-hydroxylation sites is 1. The number of aryl methyl sites for hydroxylation is 1. The summed E-state index contributed by atoms with van der Waals surface area (Å²) in [6.45, 7) is 7.10. The van der Waals surface area contributed by atoms with Crippen molar-refractivity contribution in [3.8, 4) is 0 Å². The molecule has 1 aromatic carbocycles. The number of hydrogen-bond acceptors (Lipinski definition) is 4. The van der Waals surface area contributed by atoms with E-state index >= 15 is 0 Å². The van der Waals surface area contributed by atoms with Crippen molar-refractivity contribution in [3.05, 3.63) is 46.4 Å². The summed E-state index contributed by atoms with van der Waals surface area (Å²) < 4.78 is 0. The van der Waals surface area contributed by atoms with Crippen LogP contribution in [0, 0.1) is 6.92 Å². The molecular formula is C17H22N4O2S. The lowest BCUT2D eigenvalue weighted by Gasteiger charge is -2.27. The number of carbonyl (C=O) groups excluding carboxylic acids is 2. The fraction of sp³-hybridized carbons (Fsp3) is 0.353. The molecule has 128 valence electrons. The van der Waals surface area contributed by atoms with Crippen LogP contribution in [0.15, 0.2) is 35.7 Å². The molecule has 0 saturated heterocycles. The maximum Gasteiger partial charge on any atom is 0.320 e. The Hall–Kier alpha value is -2.41. The third-order valence-corrected chi connectivity index (χ3v) is 4.25. The number of nitrogens with one attached hydrogen (secondary N) is 3. The van der Waals surface area contributed by atoms with Crippen LogP contribution < -0.4 is 16.0 Å². The Morgan fingerprint density at radius 1 is 1.21 bits per heavy atom. The van der Waals surface area contributed by atoms with Crippen molar-refractivity contribution in [2.24, 2.45) is 0 Å². The Morgan fingerprint density at radius 3 is 2.46 bits per heavy atom. The molecule has 0 bridgehead atoms. The van der Waals surface area contributed by atoms with Crippen molar-refractivity contribution in [1.29, 1.82) is 0 Å². The lowest BCUT2D eigenvalue weighted by atomic mass is 10.0. The van der Waals surface area contributed by atoms with Crippen molar-refractivity contribution >= 4 is 29.0 Å². The standard InChI is InChI=1S/C17H22N4O2S/c1-11(14-10-24-12(2)19-14)18-15(22)17(3,4)21-16(23)20-13-8-6-5-7-9-13/h5-11H,1-4H3,(H,18,22)(H2,20,21,23)/t11-/m0/s1. The van der Waals surface area contributed by atoms with Gasteiger partial charge in [0.1, 0.15) is 5.54 Å². The number of aromatic nitrogens is 1. The van der Waals surface area contributed by atoms with E-state index in [9.17, 15) is 9.59 Å². The predicted molar refractivity (Wildman–Crippen MR) is 96.1 cm³/mol. The lowest BCUT2D eigenvalue weighted by Crippen LogP contribution is -2.56. The van der Waals surface area contributed by atoms with Gasteiger partial charge in [0.05, 0.1) is 16.7 Å². The van der Waals surface area contributed by atoms with E-state index in [0.717, 1.165) is 10.7 Å². The molecule has 0 spiro atoms. The first-order chi connectivity index (χ1) is 11.3. The summed E-state index contributed by atoms with van der Waals surface area (Å²) in [4.78, 5) is 28.9. The Morgan fingerprint density at radius 2 is 1.88 bits per heavy atom. The third kappa shape index (κ3) is 4.79. The Labute approximate surface area is 145 Å². The molecule has 2 rings (SSSR count). The van der Waals surface area contributed by atoms with E-state index in [-0.39, 0.29) is 11.9 Å². The Kier molecular flexibility index (Phi) is 5.56. The normalized spacial score (nSPS) is 12.3. The molecule has 0 radical (unpaired) electrons. The monoisotopic (exact) mass is 346 g/mol. The smallest absolute Gasteiger partial charge is 0.320 e. The second-order valence-electron chi connectivity index (χ2n) is 6.06. The van der Waals surface area contributed by atoms with Crippen LogP contribution in [-0.2, 0) is 4.79 Å². The van der Waals surface area contributed by atoms with Gasteiger partial charge in [-0.25, -0.2) is 9.78 Å². The molecular weight excluding hydrogens is 324 g/mol. The molecule has 0 aliphatic rings. The summed E-state index contributed by atoms with van der Waals surface area (Å²) in [5, 5.41) is 11.1. The number of nitrogens with zero attached hydrogens (tertiary/aromatic N) is 1. The van der Waals surface area contributed by atoms with Crippen LogP contribution in [0.3, 0.4) is 0 Å². The topological polar surface area (TPSA) is 83.1 Å². The average Bonchev–Trinajstić information content (AvgIpc) is 2.94. The zero-order valence-electron chi connectivity index (χ0n) is 14.2. The number of carbonyl (C=O) groups is 2. The largest absolute Gasteiger partial charge is 0.346 e. The van der Waals surface area contributed by atoms with E-state index in [1.807, 2.05) is 37.4 Å². The first kappa shape index (κ1) is 17.9. The summed E-state index contributed by atoms with van der Waals surface area (Å²) in [6, 6.07) is 8.41. The number of rotatable bonds is 5. The molecule has 6 nitrogen and oxygen atoms in total. The molecule has 3 N–H and O–H groups in total. The molecule has 0 aliphatic heterocycles. The first-order valence-corrected chi connectivity index (χ1v) is 8.53. The van der Waals surface area contributed by atoms with Crippen LogP contribution in [0.5, 0.6) is 0 Å². The molecule has 0 unspecified atom stereocenters. The highest BCUT2D eigenvalue weighted by Crippen LogP contribution is 2.17. The number of thiazole rings is 1. The third-order valence-electron chi connectivity index (χ3n) is 3.45. The zero-order valence-corrected chi connectivity index (χ0v) is 15.0. The molecule has 3 amide bonds. The lowest BCUT2D eigenvalue weighted by molar-refractivity contribution is -0.126. The maximum absolute atomic E-state index is 12.5. The summed E-state index contributed by atoms with van der Waals surface area (Å²) in [7, 11) is 0. The molecule has 0 fully saturated rings. The second kappa shape index (κ2) is 7.44. The van der Waals surface area contributed by atoms with Gasteiger partial charge in [0.25, 0.3) is 0 Å². The molecule has 1 aromatic heterocycles. The van der Waals surface area contributed by atoms with Crippen LogP contribution in [-0.4, -0.2) is 22.5 Å². The number of urea groups is 1. The van der Waals surface area contributed by atoms with E-state index in [1.54, 1.807) is 26.0 Å². The molecule has 1 atom stereocenters. The highest BCUT2D eigenvalue weighted by atomic mass is 32.1. The van der Waals surface area contributed by atoms with Crippen molar-refractivity contribution in [2.75, 3.05) is 5.32 Å². The van der Waals surface area contributed by atoms with Gasteiger partial charge in [-0.15, -0.1) is 11.3 Å². The predicted octanol–water partition coefficient (Wildman–Crippen LogP) is 3.23.